The zero-order chi connectivity index (χ0) is 35.2. The van der Waals surface area contributed by atoms with Crippen molar-refractivity contribution >= 4 is 44.6 Å². The van der Waals surface area contributed by atoms with Crippen molar-refractivity contribution in [1.82, 2.24) is 9.97 Å². The molecule has 1 fully saturated rings. The molecule has 48 heavy (non-hydrogen) atoms. The summed E-state index contributed by atoms with van der Waals surface area (Å²) < 4.78 is 37.7. The number of nitrogen functional groups attached to an aromatic ring is 1. The molecule has 0 amide bonds. The van der Waals surface area contributed by atoms with Gasteiger partial charge in [0.05, 0.1) is 29.3 Å². The van der Waals surface area contributed by atoms with Gasteiger partial charge in [-0.25, -0.2) is 18.7 Å². The van der Waals surface area contributed by atoms with Gasteiger partial charge >= 0.3 is 0 Å². The number of anilines is 2. The first-order valence-electron chi connectivity index (χ1n) is 17.3. The summed E-state index contributed by atoms with van der Waals surface area (Å²) in [7, 11) is 0. The van der Waals surface area contributed by atoms with Gasteiger partial charge in [0.1, 0.15) is 22.4 Å². The highest BCUT2D eigenvalue weighted by Gasteiger charge is 2.33. The molecule has 4 heterocycles. The van der Waals surface area contributed by atoms with Gasteiger partial charge in [0.15, 0.2) is 5.82 Å². The summed E-state index contributed by atoms with van der Waals surface area (Å²) in [6, 6.07) is 2.14. The monoisotopic (exact) mass is 679 g/mol. The number of fused-ring (bicyclic) bond motifs is 3. The number of rotatable bonds is 11. The Bertz CT molecular complexity index is 1710. The van der Waals surface area contributed by atoms with Crippen LogP contribution in [-0.2, 0) is 18.0 Å². The van der Waals surface area contributed by atoms with Crippen LogP contribution < -0.4 is 10.6 Å². The second-order valence-corrected chi connectivity index (χ2v) is 14.5. The Kier molecular flexibility index (Phi) is 12.7. The van der Waals surface area contributed by atoms with Gasteiger partial charge in [0.25, 0.3) is 0 Å². The summed E-state index contributed by atoms with van der Waals surface area (Å²) in [5.74, 6) is -0.00499. The van der Waals surface area contributed by atoms with Crippen LogP contribution in [0.25, 0.3) is 22.3 Å². The maximum absolute atomic E-state index is 16.7. The molecule has 2 aliphatic rings. The van der Waals surface area contributed by atoms with Crippen molar-refractivity contribution in [1.29, 1.82) is 5.26 Å². The number of halogens is 2. The molecular formula is C38H51F2N5O2S. The number of unbranched alkanes of at least 4 members (excludes halogenated alkanes) is 2. The molecule has 0 spiro atoms. The molecule has 0 radical (unpaired) electrons. The van der Waals surface area contributed by atoms with E-state index in [-0.39, 0.29) is 27.6 Å². The highest BCUT2D eigenvalue weighted by Crippen LogP contribution is 2.47. The van der Waals surface area contributed by atoms with E-state index in [1.807, 2.05) is 20.8 Å². The molecule has 2 aliphatic heterocycles. The Balaban J connectivity index is 0.000000408. The average Bonchev–Trinajstić information content (AvgIpc) is 3.82. The summed E-state index contributed by atoms with van der Waals surface area (Å²) in [6.45, 7) is 16.0. The summed E-state index contributed by atoms with van der Waals surface area (Å²) in [5.41, 5.74) is 9.58. The fourth-order valence-corrected chi connectivity index (χ4v) is 7.49. The van der Waals surface area contributed by atoms with Gasteiger partial charge in [-0.3, -0.25) is 0 Å². The van der Waals surface area contributed by atoms with Crippen LogP contribution in [0.3, 0.4) is 0 Å². The summed E-state index contributed by atoms with van der Waals surface area (Å²) in [4.78, 5) is 11.6. The number of nitrogens with two attached hydrogens (primary N) is 1. The van der Waals surface area contributed by atoms with E-state index in [0.717, 1.165) is 67.7 Å². The van der Waals surface area contributed by atoms with E-state index in [2.05, 4.69) is 36.7 Å². The maximum atomic E-state index is 16.7. The number of allylic oxidation sites excluding steroid dienone is 2. The topological polar surface area (TPSA) is 108 Å². The number of aliphatic hydroxyl groups is 1. The third kappa shape index (κ3) is 7.90. The minimum Gasteiger partial charge on any atom is -0.390 e. The first-order chi connectivity index (χ1) is 22.9. The van der Waals surface area contributed by atoms with Crippen molar-refractivity contribution in [3.05, 3.63) is 56.4 Å². The molecule has 3 aromatic rings. The number of hydrogen-bond donors (Lipinski definition) is 2. The van der Waals surface area contributed by atoms with Crippen molar-refractivity contribution in [2.45, 2.75) is 119 Å². The van der Waals surface area contributed by atoms with Crippen molar-refractivity contribution in [2.75, 3.05) is 23.7 Å². The van der Waals surface area contributed by atoms with Gasteiger partial charge in [-0.15, -0.1) is 11.3 Å². The van der Waals surface area contributed by atoms with E-state index in [9.17, 15) is 10.4 Å². The average molecular weight is 680 g/mol. The molecule has 1 unspecified atom stereocenters. The molecular weight excluding hydrogens is 629 g/mol. The van der Waals surface area contributed by atoms with Gasteiger partial charge < -0.3 is 20.5 Å². The Morgan fingerprint density at radius 3 is 2.44 bits per heavy atom. The minimum absolute atomic E-state index is 0.154. The van der Waals surface area contributed by atoms with E-state index in [0.29, 0.717) is 52.5 Å². The maximum Gasteiger partial charge on any atom is 0.225 e. The molecule has 0 aliphatic carbocycles. The number of benzene rings is 1. The van der Waals surface area contributed by atoms with Crippen molar-refractivity contribution in [3.8, 4) is 6.07 Å². The largest absolute Gasteiger partial charge is 0.390 e. The fraction of sp³-hybridized carbons (Fsp3) is 0.553. The first-order valence-corrected chi connectivity index (χ1v) is 18.1. The zero-order valence-corrected chi connectivity index (χ0v) is 30.4. The van der Waals surface area contributed by atoms with Crippen molar-refractivity contribution < 1.29 is 18.6 Å². The van der Waals surface area contributed by atoms with Crippen LogP contribution in [-0.4, -0.2) is 33.8 Å². The van der Waals surface area contributed by atoms with Crippen LogP contribution in [0.1, 0.15) is 133 Å². The number of thiophene rings is 1. The van der Waals surface area contributed by atoms with Gasteiger partial charge in [0.2, 0.25) is 5.95 Å². The van der Waals surface area contributed by atoms with E-state index in [4.69, 9.17) is 15.5 Å². The normalized spacial score (nSPS) is 16.9. The summed E-state index contributed by atoms with van der Waals surface area (Å²) in [5, 5.41) is 20.6. The highest BCUT2D eigenvalue weighted by molar-refractivity contribution is 7.17. The standard InChI is InChI=1S/C28H29F2N5OS.C10H22O/c1-5-15(4)21(23-16(9-31)27(32)37-26(23)20(29)6-2)22-19-13-36-12-18(19)17-10-33-28(34-25(17)24(22)30)35-8-7-14(3)11-35;1-4-6-8-10(3,11)9-7-5-2/h6,10,14H,5,7-8,11-13,32H2,1-4H3;11H,4-9H2,1-3H3/b20-6+,21-15+;. The minimum atomic E-state index is -0.515. The molecule has 10 heteroatoms. The third-order valence-corrected chi connectivity index (χ3v) is 10.5. The molecule has 7 nitrogen and oxygen atoms in total. The zero-order valence-electron chi connectivity index (χ0n) is 29.6. The second kappa shape index (κ2) is 16.3. The lowest BCUT2D eigenvalue weighted by molar-refractivity contribution is 0.0376. The van der Waals surface area contributed by atoms with E-state index < -0.39 is 17.2 Å². The van der Waals surface area contributed by atoms with E-state index >= 15 is 8.78 Å². The van der Waals surface area contributed by atoms with Gasteiger partial charge in [-0.05, 0) is 69.1 Å². The van der Waals surface area contributed by atoms with Crippen LogP contribution in [0.15, 0.2) is 17.8 Å². The van der Waals surface area contributed by atoms with Crippen molar-refractivity contribution in [2.24, 2.45) is 5.92 Å². The van der Waals surface area contributed by atoms with E-state index in [1.54, 1.807) is 13.1 Å². The predicted molar refractivity (Wildman–Crippen MR) is 194 cm³/mol. The third-order valence-electron chi connectivity index (χ3n) is 9.51. The molecule has 1 atom stereocenters. The molecule has 0 bridgehead atoms. The number of hydrogen-bond acceptors (Lipinski definition) is 8. The first kappa shape index (κ1) is 37.4. The lowest BCUT2D eigenvalue weighted by Crippen LogP contribution is -2.23. The molecule has 260 valence electrons. The number of nitrogens with zero attached hydrogens (tertiary/aromatic N) is 4. The molecule has 3 N–H and O–H groups in total. The Morgan fingerprint density at radius 1 is 1.21 bits per heavy atom. The number of nitriles is 1. The summed E-state index contributed by atoms with van der Waals surface area (Å²) in [6.07, 6.45) is 11.2. The molecule has 2 aromatic heterocycles. The molecule has 0 saturated carbocycles. The Labute approximate surface area is 288 Å². The quantitative estimate of drug-likeness (QED) is 0.208. The summed E-state index contributed by atoms with van der Waals surface area (Å²) >= 11 is 1.00. The van der Waals surface area contributed by atoms with Gasteiger partial charge in [-0.1, -0.05) is 65.0 Å². The lowest BCUT2D eigenvalue weighted by Gasteiger charge is -2.22. The van der Waals surface area contributed by atoms with E-state index in [1.165, 1.54) is 18.9 Å². The Hall–Kier alpha value is -3.39. The molecule has 5 rings (SSSR count). The second-order valence-electron chi connectivity index (χ2n) is 13.4. The van der Waals surface area contributed by atoms with Crippen LogP contribution >= 0.6 is 11.3 Å². The van der Waals surface area contributed by atoms with Gasteiger partial charge in [-0.2, -0.15) is 5.26 Å². The SMILES string of the molecule is C/C=C(/F)c1sc(N)c(C#N)c1/C(=C(\C)CC)c1c2c(c3cnc(N4CCC(C)C4)nc3c1F)COC2.CCCCC(C)(O)CCCC. The number of ether oxygens (including phenoxy) is 1. The lowest BCUT2D eigenvalue weighted by atomic mass is 9.85. The smallest absolute Gasteiger partial charge is 0.225 e. The molecule has 1 aromatic carbocycles. The van der Waals surface area contributed by atoms with Crippen LogP contribution in [0.4, 0.5) is 19.7 Å². The van der Waals surface area contributed by atoms with Crippen LogP contribution in [0, 0.1) is 23.1 Å². The highest BCUT2D eigenvalue weighted by atomic mass is 32.1. The van der Waals surface area contributed by atoms with Crippen LogP contribution in [0.2, 0.25) is 0 Å². The Morgan fingerprint density at radius 2 is 1.88 bits per heavy atom. The molecule has 1 saturated heterocycles. The predicted octanol–water partition coefficient (Wildman–Crippen LogP) is 9.84. The van der Waals surface area contributed by atoms with Gasteiger partial charge in [0, 0.05) is 35.8 Å². The van der Waals surface area contributed by atoms with Crippen molar-refractivity contribution in [3.63, 3.8) is 0 Å². The fourth-order valence-electron chi connectivity index (χ4n) is 6.50. The van der Waals surface area contributed by atoms with Crippen LogP contribution in [0.5, 0.6) is 0 Å². The number of aromatic nitrogens is 2.